The Hall–Kier alpha value is -1.35. The maximum Gasteiger partial charge on any atom is 0.225 e. The molecule has 1 saturated carbocycles. The highest BCUT2D eigenvalue weighted by Crippen LogP contribution is 2.28. The molecular weight excluding hydrogens is 272 g/mol. The molecule has 3 rings (SSSR count). The van der Waals surface area contributed by atoms with Gasteiger partial charge in [0.2, 0.25) is 5.91 Å². The zero-order valence-corrected chi connectivity index (χ0v) is 13.4. The van der Waals surface area contributed by atoms with Crippen LogP contribution in [0.15, 0.2) is 30.3 Å². The number of hydrogen-bond acceptors (Lipinski definition) is 2. The first-order valence-electron chi connectivity index (χ1n) is 8.80. The van der Waals surface area contributed by atoms with Crippen molar-refractivity contribution in [2.24, 2.45) is 17.6 Å². The number of benzene rings is 1. The minimum absolute atomic E-state index is 0.134. The smallest absolute Gasteiger partial charge is 0.225 e. The number of likely N-dealkylation sites (tertiary alicyclic amines) is 1. The minimum Gasteiger partial charge on any atom is -0.341 e. The third kappa shape index (κ3) is 3.89. The average molecular weight is 300 g/mol. The normalized spacial score (nSPS) is 26.9. The Balaban J connectivity index is 1.61. The van der Waals surface area contributed by atoms with Crippen LogP contribution in [0.3, 0.4) is 0 Å². The first kappa shape index (κ1) is 15.5. The summed E-state index contributed by atoms with van der Waals surface area (Å²) in [5.74, 6) is 1.13. The van der Waals surface area contributed by atoms with Crippen LogP contribution in [0.2, 0.25) is 0 Å². The van der Waals surface area contributed by atoms with Crippen LogP contribution in [-0.2, 0) is 11.2 Å². The third-order valence-electron chi connectivity index (χ3n) is 5.20. The van der Waals surface area contributed by atoms with Gasteiger partial charge < -0.3 is 10.6 Å². The highest BCUT2D eigenvalue weighted by molar-refractivity contribution is 5.79. The van der Waals surface area contributed by atoms with Gasteiger partial charge in [-0.2, -0.15) is 0 Å². The van der Waals surface area contributed by atoms with E-state index in [1.807, 2.05) is 0 Å². The number of nitrogens with two attached hydrogens (primary N) is 1. The van der Waals surface area contributed by atoms with Crippen LogP contribution >= 0.6 is 0 Å². The molecule has 1 saturated heterocycles. The molecule has 1 heterocycles. The van der Waals surface area contributed by atoms with Crippen molar-refractivity contribution in [1.82, 2.24) is 4.90 Å². The van der Waals surface area contributed by atoms with Crippen molar-refractivity contribution in [1.29, 1.82) is 0 Å². The summed E-state index contributed by atoms with van der Waals surface area (Å²) in [5, 5.41) is 0. The van der Waals surface area contributed by atoms with Crippen LogP contribution in [0, 0.1) is 11.8 Å². The van der Waals surface area contributed by atoms with E-state index in [2.05, 4.69) is 35.2 Å². The van der Waals surface area contributed by atoms with E-state index in [9.17, 15) is 4.79 Å². The molecule has 2 fully saturated rings. The molecule has 1 aliphatic carbocycles. The monoisotopic (exact) mass is 300 g/mol. The summed E-state index contributed by atoms with van der Waals surface area (Å²) in [4.78, 5) is 14.8. The largest absolute Gasteiger partial charge is 0.341 e. The average Bonchev–Trinajstić information content (AvgIpc) is 2.55. The molecule has 1 aliphatic heterocycles. The van der Waals surface area contributed by atoms with E-state index in [4.69, 9.17) is 5.73 Å². The summed E-state index contributed by atoms with van der Waals surface area (Å²) >= 11 is 0. The second kappa shape index (κ2) is 7.28. The molecule has 22 heavy (non-hydrogen) atoms. The van der Waals surface area contributed by atoms with Crippen molar-refractivity contribution in [3.63, 3.8) is 0 Å². The van der Waals surface area contributed by atoms with Gasteiger partial charge in [-0.3, -0.25) is 4.79 Å². The number of nitrogens with zero attached hydrogens (tertiary/aromatic N) is 1. The van der Waals surface area contributed by atoms with E-state index in [0.717, 1.165) is 38.8 Å². The number of piperidine rings is 1. The zero-order valence-electron chi connectivity index (χ0n) is 13.4. The highest BCUT2D eigenvalue weighted by Gasteiger charge is 2.32. The minimum atomic E-state index is 0.134. The molecule has 1 aromatic carbocycles. The molecule has 1 amide bonds. The first-order valence-corrected chi connectivity index (χ1v) is 8.80. The van der Waals surface area contributed by atoms with Gasteiger partial charge in [0, 0.05) is 25.0 Å². The molecule has 0 spiro atoms. The Bertz CT molecular complexity index is 481. The molecule has 0 aromatic heterocycles. The summed E-state index contributed by atoms with van der Waals surface area (Å²) in [5.41, 5.74) is 7.60. The molecule has 2 N–H and O–H groups in total. The standard InChI is InChI=1S/C19H28N2O/c20-18-12-16(11-15-7-3-1-4-8-15)13-21(14-18)19(22)17-9-5-2-6-10-17/h1,3-4,7-8,16-18H,2,5-6,9-14,20H2. The van der Waals surface area contributed by atoms with Gasteiger partial charge >= 0.3 is 0 Å². The number of hydrogen-bond donors (Lipinski definition) is 1. The Morgan fingerprint density at radius 2 is 1.82 bits per heavy atom. The Labute approximate surface area is 133 Å². The maximum atomic E-state index is 12.8. The molecule has 0 radical (unpaired) electrons. The molecule has 1 aromatic rings. The molecule has 0 bridgehead atoms. The van der Waals surface area contributed by atoms with Crippen molar-refractivity contribution in [3.05, 3.63) is 35.9 Å². The van der Waals surface area contributed by atoms with E-state index < -0.39 is 0 Å². The topological polar surface area (TPSA) is 46.3 Å². The van der Waals surface area contributed by atoms with E-state index in [-0.39, 0.29) is 12.0 Å². The lowest BCUT2D eigenvalue weighted by molar-refractivity contribution is -0.138. The van der Waals surface area contributed by atoms with Crippen molar-refractivity contribution < 1.29 is 4.79 Å². The summed E-state index contributed by atoms with van der Waals surface area (Å²) in [6, 6.07) is 10.7. The predicted octanol–water partition coefficient (Wildman–Crippen LogP) is 2.99. The van der Waals surface area contributed by atoms with Crippen molar-refractivity contribution in [3.8, 4) is 0 Å². The van der Waals surface area contributed by atoms with Gasteiger partial charge in [0.1, 0.15) is 0 Å². The molecule has 120 valence electrons. The number of rotatable bonds is 3. The number of amides is 1. The fraction of sp³-hybridized carbons (Fsp3) is 0.632. The van der Waals surface area contributed by atoms with E-state index in [1.165, 1.54) is 24.8 Å². The van der Waals surface area contributed by atoms with Crippen molar-refractivity contribution in [2.75, 3.05) is 13.1 Å². The van der Waals surface area contributed by atoms with Crippen LogP contribution in [0.4, 0.5) is 0 Å². The lowest BCUT2D eigenvalue weighted by atomic mass is 9.85. The van der Waals surface area contributed by atoms with Gasteiger partial charge in [-0.05, 0) is 37.2 Å². The summed E-state index contributed by atoms with van der Waals surface area (Å²) in [6.07, 6.45) is 7.93. The van der Waals surface area contributed by atoms with Crippen molar-refractivity contribution in [2.45, 2.75) is 51.0 Å². The Morgan fingerprint density at radius 3 is 2.55 bits per heavy atom. The van der Waals surface area contributed by atoms with E-state index in [1.54, 1.807) is 0 Å². The molecular formula is C19H28N2O. The molecule has 3 nitrogen and oxygen atoms in total. The van der Waals surface area contributed by atoms with Crippen molar-refractivity contribution >= 4 is 5.91 Å². The molecule has 3 heteroatoms. The summed E-state index contributed by atoms with van der Waals surface area (Å²) in [7, 11) is 0. The van der Waals surface area contributed by atoms with Gasteiger partial charge in [-0.15, -0.1) is 0 Å². The molecule has 2 unspecified atom stereocenters. The SMILES string of the molecule is NC1CC(Cc2ccccc2)CN(C(=O)C2CCCCC2)C1. The van der Waals surface area contributed by atoms with Gasteiger partial charge in [-0.1, -0.05) is 49.6 Å². The second-order valence-electron chi connectivity index (χ2n) is 7.13. The molecule has 2 aliphatic rings. The highest BCUT2D eigenvalue weighted by atomic mass is 16.2. The fourth-order valence-corrected chi connectivity index (χ4v) is 4.13. The van der Waals surface area contributed by atoms with Gasteiger partial charge in [-0.25, -0.2) is 0 Å². The lowest BCUT2D eigenvalue weighted by Gasteiger charge is -2.38. The van der Waals surface area contributed by atoms with Gasteiger partial charge in [0.15, 0.2) is 0 Å². The second-order valence-corrected chi connectivity index (χ2v) is 7.13. The van der Waals surface area contributed by atoms with Crippen LogP contribution in [0.25, 0.3) is 0 Å². The van der Waals surface area contributed by atoms with Gasteiger partial charge in [0.05, 0.1) is 0 Å². The Morgan fingerprint density at radius 1 is 1.09 bits per heavy atom. The first-order chi connectivity index (χ1) is 10.7. The van der Waals surface area contributed by atoms with E-state index >= 15 is 0 Å². The van der Waals surface area contributed by atoms with Crippen LogP contribution in [-0.4, -0.2) is 29.9 Å². The zero-order chi connectivity index (χ0) is 15.4. The predicted molar refractivity (Wildman–Crippen MR) is 89.4 cm³/mol. The van der Waals surface area contributed by atoms with Crippen LogP contribution in [0.5, 0.6) is 0 Å². The fourth-order valence-electron chi connectivity index (χ4n) is 4.13. The molecule has 2 atom stereocenters. The van der Waals surface area contributed by atoms with Crippen LogP contribution < -0.4 is 5.73 Å². The summed E-state index contributed by atoms with van der Waals surface area (Å²) < 4.78 is 0. The third-order valence-corrected chi connectivity index (χ3v) is 5.20. The van der Waals surface area contributed by atoms with Crippen LogP contribution in [0.1, 0.15) is 44.1 Å². The lowest BCUT2D eigenvalue weighted by Crippen LogP contribution is -2.51. The quantitative estimate of drug-likeness (QED) is 0.933. The maximum absolute atomic E-state index is 12.8. The van der Waals surface area contributed by atoms with Gasteiger partial charge in [0.25, 0.3) is 0 Å². The summed E-state index contributed by atoms with van der Waals surface area (Å²) in [6.45, 7) is 1.64. The van der Waals surface area contributed by atoms with E-state index in [0.29, 0.717) is 11.8 Å². The Kier molecular flexibility index (Phi) is 5.14. The number of carbonyl (C=O) groups is 1. The number of carbonyl (C=O) groups excluding carboxylic acids is 1.